The fraction of sp³-hybridized carbons (Fsp3) is 0.250. The fourth-order valence-electron chi connectivity index (χ4n) is 1.00. The second kappa shape index (κ2) is 3.52. The molecule has 2 rings (SSSR count). The van der Waals surface area contributed by atoms with Crippen LogP contribution in [0.1, 0.15) is 11.6 Å². The number of oxazole rings is 1. The molecule has 0 saturated carbocycles. The molecule has 0 atom stereocenters. The van der Waals surface area contributed by atoms with Gasteiger partial charge in [0.05, 0.1) is 6.20 Å². The van der Waals surface area contributed by atoms with Crippen molar-refractivity contribution in [2.45, 2.75) is 13.3 Å². The highest BCUT2D eigenvalue weighted by Crippen LogP contribution is 2.16. The van der Waals surface area contributed by atoms with Crippen LogP contribution < -0.4 is 0 Å². The molecule has 0 fully saturated rings. The quantitative estimate of drug-likeness (QED) is 0.791. The van der Waals surface area contributed by atoms with Gasteiger partial charge in [0.25, 0.3) is 5.89 Å². The van der Waals surface area contributed by atoms with Gasteiger partial charge in [-0.15, -0.1) is 0 Å². The Balaban J connectivity index is 2.23. The Hall–Kier alpha value is -2.18. The Labute approximate surface area is 83.7 Å². The molecule has 15 heavy (non-hydrogen) atoms. The monoisotopic (exact) mass is 209 g/mol. The third-order valence-electron chi connectivity index (χ3n) is 1.58. The lowest BCUT2D eigenvalue weighted by Crippen LogP contribution is -2.01. The van der Waals surface area contributed by atoms with E-state index < -0.39 is 5.97 Å². The average Bonchev–Trinajstić information content (AvgIpc) is 2.72. The van der Waals surface area contributed by atoms with E-state index in [0.29, 0.717) is 5.76 Å². The van der Waals surface area contributed by atoms with Crippen molar-refractivity contribution in [2.24, 2.45) is 0 Å². The summed E-state index contributed by atoms with van der Waals surface area (Å²) in [5.41, 5.74) is 0. The molecule has 2 aromatic heterocycles. The van der Waals surface area contributed by atoms with Crippen LogP contribution in [0.2, 0.25) is 0 Å². The molecule has 0 radical (unpaired) electrons. The number of hydrogen-bond donors (Lipinski definition) is 1. The Morgan fingerprint density at radius 2 is 2.33 bits per heavy atom. The molecule has 2 aromatic rings. The standard InChI is InChI=1S/C8H7N3O4/c1-4-3-9-7(14-4)8-10-5(11-15-8)2-6(12)13/h3H,2H2,1H3,(H,12,13). The van der Waals surface area contributed by atoms with Crippen LogP contribution in [0.25, 0.3) is 11.8 Å². The van der Waals surface area contributed by atoms with Gasteiger partial charge < -0.3 is 14.0 Å². The first-order valence-electron chi connectivity index (χ1n) is 4.12. The van der Waals surface area contributed by atoms with Crippen LogP contribution in [0.15, 0.2) is 15.1 Å². The lowest BCUT2D eigenvalue weighted by atomic mass is 10.4. The van der Waals surface area contributed by atoms with Crippen molar-refractivity contribution in [3.63, 3.8) is 0 Å². The highest BCUT2D eigenvalue weighted by Gasteiger charge is 2.15. The lowest BCUT2D eigenvalue weighted by Gasteiger charge is -1.83. The summed E-state index contributed by atoms with van der Waals surface area (Å²) in [5.74, 6) is -0.0433. The summed E-state index contributed by atoms with van der Waals surface area (Å²) in [7, 11) is 0. The van der Waals surface area contributed by atoms with E-state index in [1.807, 2.05) is 0 Å². The molecule has 0 aromatic carbocycles. The van der Waals surface area contributed by atoms with Gasteiger partial charge in [-0.05, 0) is 6.92 Å². The Bertz CT molecular complexity index is 488. The van der Waals surface area contributed by atoms with Gasteiger partial charge in [0, 0.05) is 0 Å². The van der Waals surface area contributed by atoms with E-state index in [-0.39, 0.29) is 24.0 Å². The number of rotatable bonds is 3. The van der Waals surface area contributed by atoms with E-state index in [0.717, 1.165) is 0 Å². The van der Waals surface area contributed by atoms with E-state index >= 15 is 0 Å². The van der Waals surface area contributed by atoms with Crippen LogP contribution >= 0.6 is 0 Å². The van der Waals surface area contributed by atoms with Gasteiger partial charge in [-0.3, -0.25) is 4.79 Å². The van der Waals surface area contributed by atoms with Crippen LogP contribution in [0, 0.1) is 6.92 Å². The normalized spacial score (nSPS) is 10.5. The predicted octanol–water partition coefficient (Wildman–Crippen LogP) is 0.660. The molecule has 0 aliphatic carbocycles. The summed E-state index contributed by atoms with van der Waals surface area (Å²) in [6, 6.07) is 0. The van der Waals surface area contributed by atoms with Crippen molar-refractivity contribution in [1.82, 2.24) is 15.1 Å². The summed E-state index contributed by atoms with van der Waals surface area (Å²) in [6.07, 6.45) is 1.22. The molecule has 0 bridgehead atoms. The van der Waals surface area contributed by atoms with Crippen molar-refractivity contribution in [1.29, 1.82) is 0 Å². The van der Waals surface area contributed by atoms with Gasteiger partial charge >= 0.3 is 11.9 Å². The fourth-order valence-corrected chi connectivity index (χ4v) is 1.00. The van der Waals surface area contributed by atoms with E-state index in [9.17, 15) is 4.79 Å². The van der Waals surface area contributed by atoms with E-state index in [1.54, 1.807) is 6.92 Å². The molecule has 0 aliphatic heterocycles. The third kappa shape index (κ3) is 2.01. The number of carboxylic acid groups (broad SMARTS) is 1. The van der Waals surface area contributed by atoms with E-state index in [4.69, 9.17) is 14.0 Å². The molecular formula is C8H7N3O4. The molecule has 1 N–H and O–H groups in total. The second-order valence-corrected chi connectivity index (χ2v) is 2.86. The number of aromatic nitrogens is 3. The topological polar surface area (TPSA) is 102 Å². The largest absolute Gasteiger partial charge is 0.481 e. The van der Waals surface area contributed by atoms with Gasteiger partial charge in [-0.25, -0.2) is 4.98 Å². The van der Waals surface area contributed by atoms with Crippen molar-refractivity contribution in [3.8, 4) is 11.8 Å². The smallest absolute Gasteiger partial charge is 0.313 e. The Morgan fingerprint density at radius 3 is 2.93 bits per heavy atom. The van der Waals surface area contributed by atoms with E-state index in [2.05, 4.69) is 15.1 Å². The molecule has 7 heteroatoms. The van der Waals surface area contributed by atoms with Crippen molar-refractivity contribution >= 4 is 5.97 Å². The maximum atomic E-state index is 10.4. The number of aliphatic carboxylic acids is 1. The molecule has 0 saturated heterocycles. The van der Waals surface area contributed by atoms with Crippen LogP contribution in [-0.4, -0.2) is 26.2 Å². The molecule has 78 valence electrons. The number of aryl methyl sites for hydroxylation is 1. The minimum Gasteiger partial charge on any atom is -0.481 e. The molecule has 0 spiro atoms. The van der Waals surface area contributed by atoms with Gasteiger partial charge in [0.2, 0.25) is 0 Å². The van der Waals surface area contributed by atoms with Crippen LogP contribution in [0.5, 0.6) is 0 Å². The minimum atomic E-state index is -1.02. The maximum absolute atomic E-state index is 10.4. The highest BCUT2D eigenvalue weighted by molar-refractivity contribution is 5.69. The number of carbonyl (C=O) groups is 1. The molecule has 0 amide bonds. The SMILES string of the molecule is Cc1cnc(-c2nc(CC(=O)O)no2)o1. The van der Waals surface area contributed by atoms with Crippen molar-refractivity contribution in [3.05, 3.63) is 17.8 Å². The molecule has 2 heterocycles. The van der Waals surface area contributed by atoms with Gasteiger partial charge in [-0.1, -0.05) is 5.16 Å². The number of carboxylic acids is 1. The second-order valence-electron chi connectivity index (χ2n) is 2.86. The third-order valence-corrected chi connectivity index (χ3v) is 1.58. The van der Waals surface area contributed by atoms with E-state index in [1.165, 1.54) is 6.20 Å². The molecule has 0 unspecified atom stereocenters. The first-order chi connectivity index (χ1) is 7.15. The lowest BCUT2D eigenvalue weighted by molar-refractivity contribution is -0.136. The number of nitrogens with zero attached hydrogens (tertiary/aromatic N) is 3. The summed E-state index contributed by atoms with van der Waals surface area (Å²) >= 11 is 0. The van der Waals surface area contributed by atoms with Gasteiger partial charge in [0.15, 0.2) is 5.82 Å². The van der Waals surface area contributed by atoms with Crippen LogP contribution in [0.3, 0.4) is 0 Å². The maximum Gasteiger partial charge on any atom is 0.313 e. The Morgan fingerprint density at radius 1 is 1.53 bits per heavy atom. The minimum absolute atomic E-state index is 0.0827. The zero-order chi connectivity index (χ0) is 10.8. The zero-order valence-electron chi connectivity index (χ0n) is 7.80. The highest BCUT2D eigenvalue weighted by atomic mass is 16.5. The summed E-state index contributed by atoms with van der Waals surface area (Å²) < 4.78 is 9.92. The Kier molecular flexibility index (Phi) is 2.20. The van der Waals surface area contributed by atoms with Gasteiger partial charge in [0.1, 0.15) is 12.2 Å². The van der Waals surface area contributed by atoms with Crippen LogP contribution in [0.4, 0.5) is 0 Å². The predicted molar refractivity (Wildman–Crippen MR) is 45.9 cm³/mol. The summed E-state index contributed by atoms with van der Waals surface area (Å²) in [4.78, 5) is 18.0. The zero-order valence-corrected chi connectivity index (χ0v) is 7.80. The van der Waals surface area contributed by atoms with Crippen molar-refractivity contribution in [2.75, 3.05) is 0 Å². The van der Waals surface area contributed by atoms with Gasteiger partial charge in [-0.2, -0.15) is 4.98 Å². The summed E-state index contributed by atoms with van der Waals surface area (Å²) in [5, 5.41) is 12.0. The number of hydrogen-bond acceptors (Lipinski definition) is 6. The molecule has 7 nitrogen and oxygen atoms in total. The van der Waals surface area contributed by atoms with Crippen LogP contribution in [-0.2, 0) is 11.2 Å². The average molecular weight is 209 g/mol. The van der Waals surface area contributed by atoms with Crippen molar-refractivity contribution < 1.29 is 18.8 Å². The molecular weight excluding hydrogens is 202 g/mol. The first kappa shape index (κ1) is 9.38. The molecule has 0 aliphatic rings. The summed E-state index contributed by atoms with van der Waals surface area (Å²) in [6.45, 7) is 1.73. The first-order valence-corrected chi connectivity index (χ1v) is 4.12.